The molecular formula is C19H22FNO2. The van der Waals surface area contributed by atoms with Gasteiger partial charge in [0.2, 0.25) is 5.95 Å². The van der Waals surface area contributed by atoms with Crippen molar-refractivity contribution in [2.24, 2.45) is 11.8 Å². The first-order valence-corrected chi connectivity index (χ1v) is 8.07. The number of fused-ring (bicyclic) bond motifs is 3. The molecular weight excluding hydrogens is 293 g/mol. The van der Waals surface area contributed by atoms with Crippen LogP contribution in [-0.4, -0.2) is 11.6 Å². The van der Waals surface area contributed by atoms with Gasteiger partial charge in [0.15, 0.2) is 0 Å². The van der Waals surface area contributed by atoms with Crippen LogP contribution in [0.1, 0.15) is 32.8 Å². The third kappa shape index (κ3) is 3.63. The van der Waals surface area contributed by atoms with Crippen LogP contribution in [0.2, 0.25) is 0 Å². The minimum atomic E-state index is -0.497. The zero-order valence-electron chi connectivity index (χ0n) is 13.8. The van der Waals surface area contributed by atoms with Crippen molar-refractivity contribution in [2.75, 3.05) is 6.61 Å². The highest BCUT2D eigenvalue weighted by molar-refractivity contribution is 5.75. The molecule has 23 heavy (non-hydrogen) atoms. The largest absolute Gasteiger partial charge is 0.493 e. The van der Waals surface area contributed by atoms with E-state index in [0.29, 0.717) is 30.8 Å². The molecule has 0 unspecified atom stereocenters. The van der Waals surface area contributed by atoms with Gasteiger partial charge in [0, 0.05) is 17.2 Å². The fraction of sp³-hybridized carbons (Fsp3) is 0.421. The summed E-state index contributed by atoms with van der Waals surface area (Å²) in [7, 11) is 0. The summed E-state index contributed by atoms with van der Waals surface area (Å²) < 4.78 is 24.9. The van der Waals surface area contributed by atoms with Crippen LogP contribution in [0.25, 0.3) is 11.1 Å². The molecule has 122 valence electrons. The molecule has 0 saturated carbocycles. The highest BCUT2D eigenvalue weighted by Gasteiger charge is 2.19. The van der Waals surface area contributed by atoms with E-state index in [2.05, 4.69) is 25.8 Å². The predicted octanol–water partition coefficient (Wildman–Crippen LogP) is 4.84. The Balaban J connectivity index is 1.76. The number of aromatic nitrogens is 1. The lowest BCUT2D eigenvalue weighted by Crippen LogP contribution is -2.12. The molecule has 3 rings (SSSR count). The second kappa shape index (κ2) is 6.57. The summed E-state index contributed by atoms with van der Waals surface area (Å²) >= 11 is 0. The molecule has 1 aromatic carbocycles. The highest BCUT2D eigenvalue weighted by Crippen LogP contribution is 2.38. The van der Waals surface area contributed by atoms with Crippen LogP contribution in [-0.2, 0) is 6.61 Å². The van der Waals surface area contributed by atoms with Gasteiger partial charge in [-0.15, -0.1) is 0 Å². The maximum atomic E-state index is 13.4. The van der Waals surface area contributed by atoms with E-state index in [0.717, 1.165) is 28.9 Å². The maximum Gasteiger partial charge on any atom is 0.213 e. The van der Waals surface area contributed by atoms with Gasteiger partial charge in [-0.05, 0) is 36.0 Å². The molecule has 1 atom stereocenters. The van der Waals surface area contributed by atoms with Crippen molar-refractivity contribution in [1.29, 1.82) is 0 Å². The summed E-state index contributed by atoms with van der Waals surface area (Å²) in [6, 6.07) is 7.31. The van der Waals surface area contributed by atoms with Crippen LogP contribution in [0.5, 0.6) is 11.5 Å². The SMILES string of the molecule is CC(C)C[C@@H](C)COc1ccc2c(c1)COc1cnc(F)cc1-2. The number of hydrogen-bond acceptors (Lipinski definition) is 3. The smallest absolute Gasteiger partial charge is 0.213 e. The normalized spacial score (nSPS) is 14.0. The molecule has 0 saturated heterocycles. The topological polar surface area (TPSA) is 31.4 Å². The van der Waals surface area contributed by atoms with Crippen molar-refractivity contribution in [1.82, 2.24) is 4.98 Å². The van der Waals surface area contributed by atoms with Crippen LogP contribution >= 0.6 is 0 Å². The van der Waals surface area contributed by atoms with E-state index >= 15 is 0 Å². The molecule has 2 aromatic rings. The standard InChI is InChI=1S/C19H22FNO2/c1-12(2)6-13(3)10-22-15-4-5-16-14(7-15)11-23-18-9-21-19(20)8-17(16)18/h4-5,7-9,12-13H,6,10-11H2,1-3H3/t13-/m1/s1. The minimum Gasteiger partial charge on any atom is -0.493 e. The second-order valence-corrected chi connectivity index (χ2v) is 6.66. The van der Waals surface area contributed by atoms with Crippen molar-refractivity contribution in [3.8, 4) is 22.6 Å². The van der Waals surface area contributed by atoms with E-state index < -0.39 is 5.95 Å². The fourth-order valence-electron chi connectivity index (χ4n) is 3.05. The van der Waals surface area contributed by atoms with Crippen molar-refractivity contribution in [3.63, 3.8) is 0 Å². The van der Waals surface area contributed by atoms with Gasteiger partial charge in [-0.2, -0.15) is 4.39 Å². The molecule has 1 aliphatic rings. The number of rotatable bonds is 5. The van der Waals surface area contributed by atoms with Gasteiger partial charge >= 0.3 is 0 Å². The van der Waals surface area contributed by atoms with Gasteiger partial charge in [0.05, 0.1) is 12.8 Å². The van der Waals surface area contributed by atoms with Gasteiger partial charge in [-0.25, -0.2) is 4.98 Å². The summed E-state index contributed by atoms with van der Waals surface area (Å²) in [5, 5.41) is 0. The Morgan fingerprint density at radius 1 is 1.22 bits per heavy atom. The first-order valence-electron chi connectivity index (χ1n) is 8.07. The van der Waals surface area contributed by atoms with Gasteiger partial charge in [-0.3, -0.25) is 0 Å². The summed E-state index contributed by atoms with van der Waals surface area (Å²) in [6.07, 6.45) is 2.58. The van der Waals surface area contributed by atoms with Gasteiger partial charge < -0.3 is 9.47 Å². The van der Waals surface area contributed by atoms with E-state index in [1.807, 2.05) is 18.2 Å². The Hall–Kier alpha value is -2.10. The minimum absolute atomic E-state index is 0.453. The maximum absolute atomic E-state index is 13.4. The van der Waals surface area contributed by atoms with Crippen LogP contribution in [0, 0.1) is 17.8 Å². The number of ether oxygens (including phenoxy) is 2. The molecule has 1 aliphatic heterocycles. The van der Waals surface area contributed by atoms with Crippen LogP contribution in [0.4, 0.5) is 4.39 Å². The number of halogens is 1. The Morgan fingerprint density at radius 3 is 2.83 bits per heavy atom. The number of pyridine rings is 1. The summed E-state index contributed by atoms with van der Waals surface area (Å²) in [5.74, 6) is 2.15. The Morgan fingerprint density at radius 2 is 2.04 bits per heavy atom. The number of nitrogens with zero attached hydrogens (tertiary/aromatic N) is 1. The van der Waals surface area contributed by atoms with Crippen LogP contribution in [0.3, 0.4) is 0 Å². The molecule has 0 N–H and O–H groups in total. The third-order valence-electron chi connectivity index (χ3n) is 3.99. The zero-order chi connectivity index (χ0) is 16.4. The Labute approximate surface area is 136 Å². The average Bonchev–Trinajstić information content (AvgIpc) is 2.51. The molecule has 0 amide bonds. The quantitative estimate of drug-likeness (QED) is 0.740. The Bertz CT molecular complexity index is 700. The molecule has 1 aromatic heterocycles. The van der Waals surface area contributed by atoms with E-state index in [1.165, 1.54) is 12.3 Å². The lowest BCUT2D eigenvalue weighted by Gasteiger charge is -2.21. The summed E-state index contributed by atoms with van der Waals surface area (Å²) in [5.41, 5.74) is 2.74. The fourth-order valence-corrected chi connectivity index (χ4v) is 3.05. The number of hydrogen-bond donors (Lipinski definition) is 0. The van der Waals surface area contributed by atoms with E-state index in [-0.39, 0.29) is 0 Å². The lowest BCUT2D eigenvalue weighted by atomic mass is 9.97. The molecule has 4 heteroatoms. The number of benzene rings is 1. The lowest BCUT2D eigenvalue weighted by molar-refractivity contribution is 0.238. The average molecular weight is 315 g/mol. The highest BCUT2D eigenvalue weighted by atomic mass is 19.1. The monoisotopic (exact) mass is 315 g/mol. The first kappa shape index (κ1) is 15.8. The van der Waals surface area contributed by atoms with Crippen molar-refractivity contribution in [2.45, 2.75) is 33.8 Å². The van der Waals surface area contributed by atoms with Gasteiger partial charge in [0.1, 0.15) is 18.1 Å². The van der Waals surface area contributed by atoms with Crippen molar-refractivity contribution < 1.29 is 13.9 Å². The second-order valence-electron chi connectivity index (χ2n) is 6.66. The van der Waals surface area contributed by atoms with Gasteiger partial charge in [0.25, 0.3) is 0 Å². The molecule has 0 fully saturated rings. The zero-order valence-corrected chi connectivity index (χ0v) is 13.8. The third-order valence-corrected chi connectivity index (χ3v) is 3.99. The van der Waals surface area contributed by atoms with Crippen LogP contribution in [0.15, 0.2) is 30.5 Å². The predicted molar refractivity (Wildman–Crippen MR) is 88.1 cm³/mol. The van der Waals surface area contributed by atoms with Crippen LogP contribution < -0.4 is 9.47 Å². The van der Waals surface area contributed by atoms with Crippen molar-refractivity contribution >= 4 is 0 Å². The van der Waals surface area contributed by atoms with E-state index in [1.54, 1.807) is 0 Å². The summed E-state index contributed by atoms with van der Waals surface area (Å²) in [4.78, 5) is 3.64. The van der Waals surface area contributed by atoms with Crippen molar-refractivity contribution in [3.05, 3.63) is 42.0 Å². The first-order chi connectivity index (χ1) is 11.0. The molecule has 0 bridgehead atoms. The van der Waals surface area contributed by atoms with E-state index in [4.69, 9.17) is 9.47 Å². The molecule has 2 heterocycles. The molecule has 3 nitrogen and oxygen atoms in total. The molecule has 0 aliphatic carbocycles. The molecule has 0 radical (unpaired) electrons. The van der Waals surface area contributed by atoms with E-state index in [9.17, 15) is 4.39 Å². The molecule has 0 spiro atoms. The van der Waals surface area contributed by atoms with Gasteiger partial charge in [-0.1, -0.05) is 26.8 Å². The Kier molecular flexibility index (Phi) is 4.51. The summed E-state index contributed by atoms with van der Waals surface area (Å²) in [6.45, 7) is 7.80.